The second-order valence-corrected chi connectivity index (χ2v) is 7.78. The minimum absolute atomic E-state index is 0.242. The molecule has 2 aliphatic heterocycles. The lowest BCUT2D eigenvalue weighted by Crippen LogP contribution is -2.52. The molecule has 2 saturated heterocycles. The maximum absolute atomic E-state index is 12.4. The van der Waals surface area contributed by atoms with Gasteiger partial charge in [0.15, 0.2) is 0 Å². The highest BCUT2D eigenvalue weighted by atomic mass is 32.1. The van der Waals surface area contributed by atoms with Crippen LogP contribution in [0.1, 0.15) is 24.8 Å². The second kappa shape index (κ2) is 8.54. The summed E-state index contributed by atoms with van der Waals surface area (Å²) in [5, 5.41) is 15.7. The number of hydrogen-bond donors (Lipinski definition) is 1. The van der Waals surface area contributed by atoms with Gasteiger partial charge in [0, 0.05) is 38.8 Å². The van der Waals surface area contributed by atoms with Gasteiger partial charge in [0.1, 0.15) is 0 Å². The third-order valence-electron chi connectivity index (χ3n) is 5.06. The normalized spacial score (nSPS) is 22.2. The molecule has 4 rings (SSSR count). The number of amides is 1. The fraction of sp³-hybridized carbons (Fsp3) is 0.500. The van der Waals surface area contributed by atoms with Crippen molar-refractivity contribution in [3.05, 3.63) is 34.8 Å². The molecule has 0 spiro atoms. The molecule has 29 heavy (non-hydrogen) atoms. The molecule has 0 aliphatic carbocycles. The number of hydrogen-bond acceptors (Lipinski definition) is 5. The minimum Gasteiger partial charge on any atom is -0.475 e. The Labute approximate surface area is 169 Å². The molecule has 2 atom stereocenters. The molecule has 2 aromatic rings. The molecule has 0 aromatic carbocycles. The summed E-state index contributed by atoms with van der Waals surface area (Å²) in [5.41, 5.74) is 2.33. The number of thiophene rings is 1. The molecule has 158 valence electrons. The molecular formula is C18H21F3N4O3S. The van der Waals surface area contributed by atoms with Crippen molar-refractivity contribution in [2.45, 2.75) is 44.1 Å². The number of aliphatic carboxylic acids is 1. The zero-order valence-electron chi connectivity index (χ0n) is 15.7. The van der Waals surface area contributed by atoms with Gasteiger partial charge < -0.3 is 10.0 Å². The second-order valence-electron chi connectivity index (χ2n) is 7.00. The number of carboxylic acid groups (broad SMARTS) is 1. The minimum atomic E-state index is -5.08. The maximum atomic E-state index is 12.4. The Morgan fingerprint density at radius 2 is 2.07 bits per heavy atom. The average molecular weight is 430 g/mol. The number of carboxylic acids is 1. The predicted molar refractivity (Wildman–Crippen MR) is 101 cm³/mol. The number of aromatic nitrogens is 2. The number of aryl methyl sites for hydroxylation is 1. The lowest BCUT2D eigenvalue weighted by atomic mass is 9.96. The number of carbonyl (C=O) groups is 2. The molecule has 0 unspecified atom stereocenters. The van der Waals surface area contributed by atoms with Crippen LogP contribution in [0.2, 0.25) is 0 Å². The first-order valence-corrected chi connectivity index (χ1v) is 9.97. The monoisotopic (exact) mass is 430 g/mol. The van der Waals surface area contributed by atoms with Crippen molar-refractivity contribution in [3.63, 3.8) is 0 Å². The average Bonchev–Trinajstić information content (AvgIpc) is 3.37. The van der Waals surface area contributed by atoms with Gasteiger partial charge in [-0.3, -0.25) is 14.4 Å². The molecule has 7 nitrogen and oxygen atoms in total. The van der Waals surface area contributed by atoms with E-state index in [0.717, 1.165) is 31.6 Å². The van der Waals surface area contributed by atoms with E-state index in [0.29, 0.717) is 18.5 Å². The van der Waals surface area contributed by atoms with Crippen LogP contribution in [-0.4, -0.2) is 56.5 Å². The number of fused-ring (bicyclic) bond motifs is 1. The Morgan fingerprint density at radius 3 is 2.62 bits per heavy atom. The highest BCUT2D eigenvalue weighted by Gasteiger charge is 2.43. The molecule has 1 N–H and O–H groups in total. The van der Waals surface area contributed by atoms with Gasteiger partial charge in [-0.2, -0.15) is 29.6 Å². The predicted octanol–water partition coefficient (Wildman–Crippen LogP) is 2.88. The maximum Gasteiger partial charge on any atom is 0.490 e. The van der Waals surface area contributed by atoms with E-state index in [9.17, 15) is 18.0 Å². The van der Waals surface area contributed by atoms with Gasteiger partial charge in [0.05, 0.1) is 17.9 Å². The largest absolute Gasteiger partial charge is 0.490 e. The Kier molecular flexibility index (Phi) is 6.27. The first-order chi connectivity index (χ1) is 13.7. The van der Waals surface area contributed by atoms with E-state index in [4.69, 9.17) is 9.90 Å². The molecule has 0 bridgehead atoms. The van der Waals surface area contributed by atoms with Crippen LogP contribution in [0.15, 0.2) is 29.2 Å². The summed E-state index contributed by atoms with van der Waals surface area (Å²) in [5.74, 6) is -2.51. The summed E-state index contributed by atoms with van der Waals surface area (Å²) in [4.78, 5) is 25.9. The summed E-state index contributed by atoms with van der Waals surface area (Å²) >= 11 is 1.75. The van der Waals surface area contributed by atoms with E-state index in [-0.39, 0.29) is 5.91 Å². The molecule has 2 aromatic heterocycles. The van der Waals surface area contributed by atoms with Crippen molar-refractivity contribution in [2.24, 2.45) is 7.05 Å². The summed E-state index contributed by atoms with van der Waals surface area (Å²) in [6.45, 7) is 2.06. The van der Waals surface area contributed by atoms with Crippen LogP contribution < -0.4 is 4.90 Å². The smallest absolute Gasteiger partial charge is 0.475 e. The highest BCUT2D eigenvalue weighted by molar-refractivity contribution is 7.07. The van der Waals surface area contributed by atoms with Crippen LogP contribution >= 0.6 is 11.3 Å². The van der Waals surface area contributed by atoms with Crippen LogP contribution in [0.5, 0.6) is 0 Å². The molecule has 11 heteroatoms. The van der Waals surface area contributed by atoms with Crippen molar-refractivity contribution >= 4 is 28.9 Å². The van der Waals surface area contributed by atoms with Crippen molar-refractivity contribution < 1.29 is 27.9 Å². The van der Waals surface area contributed by atoms with Crippen molar-refractivity contribution in [2.75, 3.05) is 11.4 Å². The number of nitrogens with zero attached hydrogens (tertiary/aromatic N) is 4. The van der Waals surface area contributed by atoms with Crippen LogP contribution in [0, 0.1) is 0 Å². The topological polar surface area (TPSA) is 78.7 Å². The lowest BCUT2D eigenvalue weighted by molar-refractivity contribution is -0.192. The van der Waals surface area contributed by atoms with Crippen molar-refractivity contribution in [1.29, 1.82) is 0 Å². The molecule has 0 radical (unpaired) electrons. The van der Waals surface area contributed by atoms with Crippen molar-refractivity contribution in [3.8, 4) is 0 Å². The number of likely N-dealkylation sites (tertiary alicyclic amines) is 1. The number of halogens is 3. The van der Waals surface area contributed by atoms with Gasteiger partial charge in [0.2, 0.25) is 5.91 Å². The van der Waals surface area contributed by atoms with Crippen LogP contribution in [0.3, 0.4) is 0 Å². The summed E-state index contributed by atoms with van der Waals surface area (Å²) < 4.78 is 33.5. The van der Waals surface area contributed by atoms with E-state index >= 15 is 0 Å². The molecule has 0 saturated carbocycles. The number of rotatable bonds is 3. The molecule has 2 aliphatic rings. The van der Waals surface area contributed by atoms with Gasteiger partial charge in [-0.25, -0.2) is 4.79 Å². The highest BCUT2D eigenvalue weighted by Crippen LogP contribution is 2.35. The van der Waals surface area contributed by atoms with E-state index in [1.807, 2.05) is 24.3 Å². The van der Waals surface area contributed by atoms with Crippen LogP contribution in [0.25, 0.3) is 0 Å². The molecular weight excluding hydrogens is 409 g/mol. The standard InChI is InChI=1S/C16H20N4OS.C2HF3O2/c1-18-10-13(8-17-18)20-15-4-6-19(9-12-5-7-22-11-12)14(15)2-3-16(20)21;3-2(4,5)1(6)7/h5,7-8,10-11,14-15H,2-4,6,9H2,1H3;(H,6,7)/t14-,15-;/m1./s1. The zero-order chi connectivity index (χ0) is 21.2. The lowest BCUT2D eigenvalue weighted by Gasteiger charge is -2.39. The SMILES string of the molecule is Cn1cc(N2C(=O)CC[C@@H]3[C@H]2CCN3Cc2ccsc2)cn1.O=C(O)C(F)(F)F. The van der Waals surface area contributed by atoms with E-state index < -0.39 is 12.1 Å². The third kappa shape index (κ3) is 4.96. The first-order valence-electron chi connectivity index (χ1n) is 9.02. The molecule has 4 heterocycles. The van der Waals surface area contributed by atoms with E-state index in [1.54, 1.807) is 16.0 Å². The number of alkyl halides is 3. The van der Waals surface area contributed by atoms with Crippen LogP contribution in [0.4, 0.5) is 18.9 Å². The number of carbonyl (C=O) groups excluding carboxylic acids is 1. The van der Waals surface area contributed by atoms with Crippen LogP contribution in [-0.2, 0) is 23.2 Å². The summed E-state index contributed by atoms with van der Waals surface area (Å²) in [6, 6.07) is 2.96. The zero-order valence-corrected chi connectivity index (χ0v) is 16.5. The number of anilines is 1. The Bertz CT molecular complexity index is 853. The van der Waals surface area contributed by atoms with Gasteiger partial charge in [0.25, 0.3) is 0 Å². The first kappa shape index (κ1) is 21.3. The molecule has 1 amide bonds. The number of piperidine rings is 1. The fourth-order valence-corrected chi connectivity index (χ4v) is 4.49. The summed E-state index contributed by atoms with van der Waals surface area (Å²) in [6.07, 6.45) is 1.33. The molecule has 2 fully saturated rings. The fourth-order valence-electron chi connectivity index (χ4n) is 3.83. The van der Waals surface area contributed by atoms with E-state index in [1.165, 1.54) is 5.56 Å². The van der Waals surface area contributed by atoms with Gasteiger partial charge in [-0.15, -0.1) is 0 Å². The summed E-state index contributed by atoms with van der Waals surface area (Å²) in [7, 11) is 1.90. The Balaban J connectivity index is 0.000000298. The quantitative estimate of drug-likeness (QED) is 0.810. The van der Waals surface area contributed by atoms with Gasteiger partial charge >= 0.3 is 12.1 Å². The van der Waals surface area contributed by atoms with Gasteiger partial charge in [-0.05, 0) is 35.2 Å². The third-order valence-corrected chi connectivity index (χ3v) is 5.79. The van der Waals surface area contributed by atoms with Gasteiger partial charge in [-0.1, -0.05) is 0 Å². The van der Waals surface area contributed by atoms with Crippen molar-refractivity contribution in [1.82, 2.24) is 14.7 Å². The van der Waals surface area contributed by atoms with E-state index in [2.05, 4.69) is 26.8 Å². The Morgan fingerprint density at radius 1 is 1.34 bits per heavy atom. The Hall–Kier alpha value is -2.40.